The van der Waals surface area contributed by atoms with Gasteiger partial charge in [-0.1, -0.05) is 78.6 Å². The Balaban J connectivity index is 1.45. The molecule has 4 aromatic heterocycles. The summed E-state index contributed by atoms with van der Waals surface area (Å²) in [5, 5.41) is 0. The molecule has 19 heteroatoms. The lowest BCUT2D eigenvalue weighted by atomic mass is 10.0. The zero-order valence-corrected chi connectivity index (χ0v) is 42.9. The SMILES string of the molecule is CCCCCCSc1c(F)c(F)c(-c2c3nc(c4ccc([nH]4)c(-c4c(F)c(F)c(SCCCCCC)c(F)c4F)c4ccc([nH]4)c(-c4c(F)c(F)c(SCCCCCC)c(F)c4F)c4ccc2[nH]4)C=C3)c(F)c1F. The van der Waals surface area contributed by atoms with E-state index in [4.69, 9.17) is 0 Å². The number of hydrogen-bond acceptors (Lipinski definition) is 4. The molecule has 74 heavy (non-hydrogen) atoms. The number of thioether (sulfide) groups is 3. The van der Waals surface area contributed by atoms with Gasteiger partial charge < -0.3 is 15.0 Å². The van der Waals surface area contributed by atoms with Gasteiger partial charge in [0.2, 0.25) is 0 Å². The molecular weight excluding hydrogens is 1040 g/mol. The number of fused-ring (bicyclic) bond motifs is 9. The highest BCUT2D eigenvalue weighted by Crippen LogP contribution is 2.45. The van der Waals surface area contributed by atoms with Crippen LogP contribution in [-0.4, -0.2) is 37.2 Å². The smallest absolute Gasteiger partial charge is 0.176 e. The van der Waals surface area contributed by atoms with Crippen molar-refractivity contribution >= 4 is 80.5 Å². The molecule has 0 radical (unpaired) electrons. The van der Waals surface area contributed by atoms with Crippen LogP contribution in [0.15, 0.2) is 51.1 Å². The van der Waals surface area contributed by atoms with E-state index in [2.05, 4.69) is 19.9 Å². The highest BCUT2D eigenvalue weighted by Gasteiger charge is 2.33. The predicted octanol–water partition coefficient (Wildman–Crippen LogP) is 19.4. The lowest BCUT2D eigenvalue weighted by Crippen LogP contribution is -2.04. The lowest BCUT2D eigenvalue weighted by Gasteiger charge is -2.13. The molecule has 0 atom stereocenters. The summed E-state index contributed by atoms with van der Waals surface area (Å²) in [6, 6.07) is 7.13. The minimum absolute atomic E-state index is 0.00302. The Hall–Kier alpha value is -5.40. The second kappa shape index (κ2) is 24.1. The van der Waals surface area contributed by atoms with Crippen LogP contribution in [0.1, 0.15) is 109 Å². The van der Waals surface area contributed by atoms with Crippen LogP contribution in [0.3, 0.4) is 0 Å². The van der Waals surface area contributed by atoms with Crippen LogP contribution >= 0.6 is 35.3 Å². The van der Waals surface area contributed by atoms with Gasteiger partial charge in [-0.05, 0) is 85.1 Å². The summed E-state index contributed by atoms with van der Waals surface area (Å²) in [6.07, 6.45) is 11.2. The fourth-order valence-electron chi connectivity index (χ4n) is 8.93. The molecule has 1 aliphatic heterocycles. The first kappa shape index (κ1) is 54.8. The zero-order valence-electron chi connectivity index (χ0n) is 40.4. The van der Waals surface area contributed by atoms with Gasteiger partial charge in [0.05, 0.1) is 48.3 Å². The molecule has 0 fully saturated rings. The van der Waals surface area contributed by atoms with Crippen molar-refractivity contribution in [3.05, 3.63) is 118 Å². The third-order valence-corrected chi connectivity index (χ3v) is 16.1. The van der Waals surface area contributed by atoms with Crippen LogP contribution in [-0.2, 0) is 0 Å². The maximum absolute atomic E-state index is 16.8. The topological polar surface area (TPSA) is 60.3 Å². The van der Waals surface area contributed by atoms with Gasteiger partial charge in [-0.2, -0.15) is 0 Å². The molecule has 0 spiro atoms. The Morgan fingerprint density at radius 3 is 0.905 bits per heavy atom. The van der Waals surface area contributed by atoms with E-state index in [1.54, 1.807) is 0 Å². The first-order valence-corrected chi connectivity index (χ1v) is 27.4. The molecule has 3 aromatic carbocycles. The van der Waals surface area contributed by atoms with E-state index in [0.717, 1.165) is 62.8 Å². The number of nitrogens with zero attached hydrogens (tertiary/aromatic N) is 1. The number of benzene rings is 3. The Kier molecular flexibility index (Phi) is 17.8. The second-order valence-corrected chi connectivity index (χ2v) is 21.1. The zero-order chi connectivity index (χ0) is 53.0. The quantitative estimate of drug-likeness (QED) is 0.0290. The maximum atomic E-state index is 16.8. The monoisotopic (exact) mass is 1090 g/mol. The number of nitrogens with one attached hydrogen (secondary N) is 3. The van der Waals surface area contributed by atoms with E-state index in [1.165, 1.54) is 24.3 Å². The number of H-pyrrole nitrogens is 3. The molecule has 0 amide bonds. The van der Waals surface area contributed by atoms with Crippen LogP contribution < -0.4 is 0 Å². The number of unbranched alkanes of at least 4 members (excludes halogenated alkanes) is 9. The molecule has 8 rings (SSSR count). The average molecular weight is 1090 g/mol. The maximum Gasteiger partial charge on any atom is 0.176 e. The second-order valence-electron chi connectivity index (χ2n) is 17.8. The van der Waals surface area contributed by atoms with Crippen molar-refractivity contribution in [2.45, 2.75) is 113 Å². The highest BCUT2D eigenvalue weighted by molar-refractivity contribution is 7.99. The minimum atomic E-state index is -1.88. The third-order valence-electron chi connectivity index (χ3n) is 12.7. The fraction of sp³-hybridized carbons (Fsp3) is 0.327. The molecule has 0 saturated carbocycles. The summed E-state index contributed by atoms with van der Waals surface area (Å²) in [5.41, 5.74) is -7.56. The summed E-state index contributed by atoms with van der Waals surface area (Å²) in [7, 11) is 0. The minimum Gasteiger partial charge on any atom is -0.354 e. The van der Waals surface area contributed by atoms with Crippen molar-refractivity contribution in [1.29, 1.82) is 0 Å². The Labute approximate surface area is 432 Å². The van der Waals surface area contributed by atoms with E-state index in [9.17, 15) is 0 Å². The summed E-state index contributed by atoms with van der Waals surface area (Å²) < 4.78 is 197. The molecule has 0 aliphatic carbocycles. The number of aromatic amines is 3. The van der Waals surface area contributed by atoms with Gasteiger partial charge in [-0.25, -0.2) is 57.7 Å². The van der Waals surface area contributed by atoms with Crippen molar-refractivity contribution in [2.75, 3.05) is 17.3 Å². The van der Waals surface area contributed by atoms with Gasteiger partial charge in [0.15, 0.2) is 69.8 Å². The molecule has 8 bridgehead atoms. The van der Waals surface area contributed by atoms with E-state index in [-0.39, 0.29) is 50.7 Å². The van der Waals surface area contributed by atoms with Gasteiger partial charge in [-0.15, -0.1) is 35.3 Å². The Morgan fingerprint density at radius 2 is 0.581 bits per heavy atom. The lowest BCUT2D eigenvalue weighted by molar-refractivity contribution is 0.430. The average Bonchev–Trinajstić information content (AvgIpc) is 4.25. The highest BCUT2D eigenvalue weighted by atomic mass is 32.2. The van der Waals surface area contributed by atoms with Gasteiger partial charge in [0, 0.05) is 44.3 Å². The van der Waals surface area contributed by atoms with Crippen LogP contribution in [0.4, 0.5) is 52.7 Å². The fourth-order valence-corrected chi connectivity index (χ4v) is 11.9. The summed E-state index contributed by atoms with van der Waals surface area (Å²) >= 11 is 1.76. The molecule has 3 N–H and O–H groups in total. The summed E-state index contributed by atoms with van der Waals surface area (Å²) in [6.45, 7) is 5.89. The number of hydrogen-bond donors (Lipinski definition) is 3. The largest absolute Gasteiger partial charge is 0.354 e. The number of rotatable bonds is 21. The van der Waals surface area contributed by atoms with Gasteiger partial charge >= 0.3 is 0 Å². The van der Waals surface area contributed by atoms with Crippen molar-refractivity contribution in [3.8, 4) is 33.4 Å². The molecule has 4 nitrogen and oxygen atoms in total. The molecule has 0 unspecified atom stereocenters. The molecular formula is C55H50F12N4S3. The summed E-state index contributed by atoms with van der Waals surface area (Å²) in [4.78, 5) is 10.3. The molecule has 0 saturated heterocycles. The van der Waals surface area contributed by atoms with Crippen LogP contribution in [0.25, 0.3) is 78.6 Å². The van der Waals surface area contributed by atoms with E-state index >= 15 is 52.7 Å². The Morgan fingerprint density at radius 1 is 0.311 bits per heavy atom. The van der Waals surface area contributed by atoms with Crippen LogP contribution in [0.5, 0.6) is 0 Å². The van der Waals surface area contributed by atoms with Gasteiger partial charge in [-0.3, -0.25) is 0 Å². The molecule has 7 aromatic rings. The van der Waals surface area contributed by atoms with Gasteiger partial charge in [0.1, 0.15) is 0 Å². The number of aromatic nitrogens is 4. The summed E-state index contributed by atoms with van der Waals surface area (Å²) in [5.74, 6) is -20.8. The van der Waals surface area contributed by atoms with Crippen molar-refractivity contribution in [3.63, 3.8) is 0 Å². The van der Waals surface area contributed by atoms with Crippen molar-refractivity contribution in [1.82, 2.24) is 19.9 Å². The van der Waals surface area contributed by atoms with Crippen molar-refractivity contribution < 1.29 is 52.7 Å². The van der Waals surface area contributed by atoms with Crippen LogP contribution in [0, 0.1) is 69.8 Å². The van der Waals surface area contributed by atoms with Gasteiger partial charge in [0.25, 0.3) is 0 Å². The van der Waals surface area contributed by atoms with Crippen molar-refractivity contribution in [2.24, 2.45) is 0 Å². The molecule has 5 heterocycles. The number of halogens is 12. The van der Waals surface area contributed by atoms with E-state index in [0.29, 0.717) is 73.8 Å². The Bertz CT molecular complexity index is 3310. The van der Waals surface area contributed by atoms with Crippen LogP contribution in [0.2, 0.25) is 0 Å². The standard InChI is InChI=1S/C55H50F12N4S3/c1-4-7-10-13-24-72-53-47(62)41(56)38(42(57)48(53)63)35-29-18-16-27(68-29)28-17-19-30(69-28)36(39-43(58)49(64)54(50(65)44(39)59)73-25-14-11-8-5-2)32-21-23-34(71-32)37(33-22-20-31(35)70-33)40-45(60)51(66)55(52(67)46(40)61)74-26-15-12-9-6-3/h16-23,68,70-71H,4-15,24-26H2,1-3H3. The van der Waals surface area contributed by atoms with E-state index in [1.807, 2.05) is 20.8 Å². The molecule has 1 aliphatic rings. The molecule has 392 valence electrons. The predicted molar refractivity (Wildman–Crippen MR) is 276 cm³/mol. The third kappa shape index (κ3) is 10.7. The van der Waals surface area contributed by atoms with E-state index < -0.39 is 129 Å². The normalized spacial score (nSPS) is 12.1. The first-order valence-electron chi connectivity index (χ1n) is 24.5. The first-order chi connectivity index (χ1) is 35.6.